The Balaban J connectivity index is 2.04. The van der Waals surface area contributed by atoms with Crippen molar-refractivity contribution in [2.45, 2.75) is 6.61 Å². The van der Waals surface area contributed by atoms with E-state index >= 15 is 0 Å². The molecule has 0 saturated heterocycles. The number of benzene rings is 2. The Morgan fingerprint density at radius 3 is 2.37 bits per heavy atom. The van der Waals surface area contributed by atoms with Crippen LogP contribution in [0.2, 0.25) is 0 Å². The number of carbonyl (C=O) groups is 1. The van der Waals surface area contributed by atoms with Gasteiger partial charge in [-0.15, -0.1) is 0 Å². The molecule has 3 nitrogen and oxygen atoms in total. The highest BCUT2D eigenvalue weighted by atomic mass is 17.1. The number of carbonyl (C=O) groups excluding carboxylic acids is 1. The van der Waals surface area contributed by atoms with Gasteiger partial charge in [-0.05, 0) is 17.2 Å². The molecule has 0 bridgehead atoms. The molecule has 0 aromatic heterocycles. The molecular weight excluding hydrogens is 240 g/mol. The minimum atomic E-state index is -0.0247. The largest absolute Gasteiger partial charge is 0.289 e. The summed E-state index contributed by atoms with van der Waals surface area (Å²) in [6, 6.07) is 16.5. The van der Waals surface area contributed by atoms with Crippen LogP contribution in [0.4, 0.5) is 0 Å². The fourth-order valence-electron chi connectivity index (χ4n) is 1.67. The molecule has 2 rings (SSSR count). The van der Waals surface area contributed by atoms with Crippen molar-refractivity contribution in [3.05, 3.63) is 77.4 Å². The van der Waals surface area contributed by atoms with E-state index in [1.165, 1.54) is 0 Å². The van der Waals surface area contributed by atoms with Gasteiger partial charge in [0, 0.05) is 5.56 Å². The quantitative estimate of drug-likeness (QED) is 0.384. The molecular formula is C16H14O3. The van der Waals surface area contributed by atoms with Crippen LogP contribution in [0, 0.1) is 0 Å². The predicted octanol–water partition coefficient (Wildman–Crippen LogP) is 3.57. The van der Waals surface area contributed by atoms with Gasteiger partial charge in [0.2, 0.25) is 0 Å². The molecule has 19 heavy (non-hydrogen) atoms. The van der Waals surface area contributed by atoms with Crippen molar-refractivity contribution in [1.29, 1.82) is 0 Å². The van der Waals surface area contributed by atoms with Crippen LogP contribution in [0.1, 0.15) is 21.5 Å². The van der Waals surface area contributed by atoms with Gasteiger partial charge in [-0.1, -0.05) is 60.7 Å². The highest BCUT2D eigenvalue weighted by Crippen LogP contribution is 2.08. The molecule has 0 amide bonds. The van der Waals surface area contributed by atoms with E-state index in [1.54, 1.807) is 24.3 Å². The molecule has 0 heterocycles. The fraction of sp³-hybridized carbons (Fsp3) is 0.0625. The molecule has 3 heteroatoms. The van der Waals surface area contributed by atoms with Crippen LogP contribution >= 0.6 is 0 Å². The molecule has 2 aromatic rings. The van der Waals surface area contributed by atoms with E-state index in [1.807, 2.05) is 42.5 Å². The van der Waals surface area contributed by atoms with Gasteiger partial charge in [0.1, 0.15) is 6.61 Å². The average molecular weight is 254 g/mol. The van der Waals surface area contributed by atoms with Crippen molar-refractivity contribution in [2.75, 3.05) is 0 Å². The van der Waals surface area contributed by atoms with Gasteiger partial charge in [0.05, 0.1) is 0 Å². The summed E-state index contributed by atoms with van der Waals surface area (Å²) in [4.78, 5) is 15.9. The van der Waals surface area contributed by atoms with Crippen LogP contribution in [-0.4, -0.2) is 11.0 Å². The lowest BCUT2D eigenvalue weighted by Crippen LogP contribution is -1.92. The smallest absolute Gasteiger partial charge is 0.185 e. The first kappa shape index (κ1) is 13.2. The number of hydrogen-bond donors (Lipinski definition) is 1. The van der Waals surface area contributed by atoms with E-state index in [0.717, 1.165) is 11.1 Å². The normalized spacial score (nSPS) is 10.8. The summed E-state index contributed by atoms with van der Waals surface area (Å²) in [5.41, 5.74) is 2.46. The zero-order chi connectivity index (χ0) is 13.5. The molecule has 0 aliphatic heterocycles. The van der Waals surface area contributed by atoms with Crippen molar-refractivity contribution in [2.24, 2.45) is 0 Å². The first-order valence-corrected chi connectivity index (χ1v) is 5.92. The van der Waals surface area contributed by atoms with Crippen LogP contribution in [0.25, 0.3) is 6.08 Å². The van der Waals surface area contributed by atoms with E-state index in [9.17, 15) is 4.79 Å². The van der Waals surface area contributed by atoms with Crippen LogP contribution in [0.5, 0.6) is 0 Å². The Morgan fingerprint density at radius 1 is 1.05 bits per heavy atom. The van der Waals surface area contributed by atoms with E-state index in [2.05, 4.69) is 4.89 Å². The highest BCUT2D eigenvalue weighted by molar-refractivity contribution is 6.06. The molecule has 0 aliphatic carbocycles. The van der Waals surface area contributed by atoms with Crippen molar-refractivity contribution in [3.8, 4) is 0 Å². The van der Waals surface area contributed by atoms with Crippen molar-refractivity contribution in [3.63, 3.8) is 0 Å². The Hall–Kier alpha value is -2.23. The summed E-state index contributed by atoms with van der Waals surface area (Å²) in [5, 5.41) is 8.33. The third kappa shape index (κ3) is 3.88. The van der Waals surface area contributed by atoms with Gasteiger partial charge in [0.25, 0.3) is 0 Å². The third-order valence-corrected chi connectivity index (χ3v) is 2.70. The van der Waals surface area contributed by atoms with E-state index in [4.69, 9.17) is 5.26 Å². The average Bonchev–Trinajstić information content (AvgIpc) is 2.47. The van der Waals surface area contributed by atoms with E-state index < -0.39 is 0 Å². The van der Waals surface area contributed by atoms with E-state index in [0.29, 0.717) is 5.56 Å². The first-order chi connectivity index (χ1) is 9.29. The lowest BCUT2D eigenvalue weighted by molar-refractivity contribution is -0.253. The summed E-state index contributed by atoms with van der Waals surface area (Å²) >= 11 is 0. The summed E-state index contributed by atoms with van der Waals surface area (Å²) in [7, 11) is 0. The zero-order valence-electron chi connectivity index (χ0n) is 10.3. The standard InChI is InChI=1S/C16H14O3/c17-16(15-4-2-1-3-5-15)11-10-13-6-8-14(9-7-13)12-19-18/h1-11,18H,12H2/b11-10+. The van der Waals surface area contributed by atoms with E-state index in [-0.39, 0.29) is 12.4 Å². The third-order valence-electron chi connectivity index (χ3n) is 2.70. The number of allylic oxidation sites excluding steroid dienone is 1. The highest BCUT2D eigenvalue weighted by Gasteiger charge is 1.99. The van der Waals surface area contributed by atoms with Gasteiger partial charge < -0.3 is 0 Å². The second-order valence-electron chi connectivity index (χ2n) is 4.08. The summed E-state index contributed by atoms with van der Waals surface area (Å²) in [6.07, 6.45) is 3.31. The summed E-state index contributed by atoms with van der Waals surface area (Å²) in [6.45, 7) is 0.160. The fourth-order valence-corrected chi connectivity index (χ4v) is 1.67. The number of rotatable bonds is 5. The summed E-state index contributed by atoms with van der Waals surface area (Å²) < 4.78 is 0. The van der Waals surface area contributed by atoms with Crippen LogP contribution < -0.4 is 0 Å². The zero-order valence-corrected chi connectivity index (χ0v) is 10.3. The predicted molar refractivity (Wildman–Crippen MR) is 73.7 cm³/mol. The van der Waals surface area contributed by atoms with Crippen LogP contribution in [0.3, 0.4) is 0 Å². The van der Waals surface area contributed by atoms with Gasteiger partial charge in [-0.3, -0.25) is 10.1 Å². The molecule has 96 valence electrons. The molecule has 0 spiro atoms. The molecule has 0 radical (unpaired) electrons. The minimum absolute atomic E-state index is 0.0247. The summed E-state index contributed by atoms with van der Waals surface area (Å²) in [5.74, 6) is -0.0247. The minimum Gasteiger partial charge on any atom is -0.289 e. The molecule has 0 saturated carbocycles. The van der Waals surface area contributed by atoms with Crippen molar-refractivity contribution < 1.29 is 14.9 Å². The van der Waals surface area contributed by atoms with Gasteiger partial charge in [-0.25, -0.2) is 4.89 Å². The van der Waals surface area contributed by atoms with Gasteiger partial charge >= 0.3 is 0 Å². The molecule has 0 aliphatic rings. The Labute approximate surface area is 111 Å². The molecule has 2 aromatic carbocycles. The SMILES string of the molecule is O=C(/C=C/c1ccc(COO)cc1)c1ccccc1. The topological polar surface area (TPSA) is 46.5 Å². The van der Waals surface area contributed by atoms with Gasteiger partial charge in [-0.2, -0.15) is 0 Å². The maximum atomic E-state index is 11.8. The maximum absolute atomic E-state index is 11.8. The van der Waals surface area contributed by atoms with Gasteiger partial charge in [0.15, 0.2) is 5.78 Å². The second kappa shape index (κ2) is 6.64. The number of ketones is 1. The Kier molecular flexibility index (Phi) is 4.61. The van der Waals surface area contributed by atoms with Crippen LogP contribution in [-0.2, 0) is 11.5 Å². The lowest BCUT2D eigenvalue weighted by atomic mass is 10.1. The maximum Gasteiger partial charge on any atom is 0.185 e. The lowest BCUT2D eigenvalue weighted by Gasteiger charge is -1.99. The Bertz CT molecular complexity index is 556. The number of hydrogen-bond acceptors (Lipinski definition) is 3. The molecule has 0 atom stereocenters. The van der Waals surface area contributed by atoms with Crippen LogP contribution in [0.15, 0.2) is 60.7 Å². The molecule has 0 unspecified atom stereocenters. The molecule has 1 N–H and O–H groups in total. The van der Waals surface area contributed by atoms with Crippen molar-refractivity contribution in [1.82, 2.24) is 0 Å². The first-order valence-electron chi connectivity index (χ1n) is 5.92. The Morgan fingerprint density at radius 2 is 1.74 bits per heavy atom. The monoisotopic (exact) mass is 254 g/mol. The molecule has 0 fully saturated rings. The van der Waals surface area contributed by atoms with Crippen molar-refractivity contribution >= 4 is 11.9 Å². The second-order valence-corrected chi connectivity index (χ2v) is 4.08.